The van der Waals surface area contributed by atoms with Gasteiger partial charge in [-0.05, 0) is 50.8 Å². The summed E-state index contributed by atoms with van der Waals surface area (Å²) in [7, 11) is 0. The lowest BCUT2D eigenvalue weighted by molar-refractivity contribution is 0.534. The van der Waals surface area contributed by atoms with Crippen LogP contribution in [-0.2, 0) is 19.4 Å². The summed E-state index contributed by atoms with van der Waals surface area (Å²) in [4.78, 5) is 2.94. The highest BCUT2D eigenvalue weighted by atomic mass is 35.5. The summed E-state index contributed by atoms with van der Waals surface area (Å²) < 4.78 is 2.01. The normalized spacial score (nSPS) is 15.4. The van der Waals surface area contributed by atoms with E-state index in [1.807, 2.05) is 16.0 Å². The minimum Gasteiger partial charge on any atom is -0.304 e. The van der Waals surface area contributed by atoms with E-state index in [-0.39, 0.29) is 6.04 Å². The van der Waals surface area contributed by atoms with E-state index in [0.717, 1.165) is 30.2 Å². The van der Waals surface area contributed by atoms with Gasteiger partial charge in [-0.15, -0.1) is 11.3 Å². The van der Waals surface area contributed by atoms with Crippen molar-refractivity contribution in [2.24, 2.45) is 0 Å². The highest BCUT2D eigenvalue weighted by Gasteiger charge is 2.25. The van der Waals surface area contributed by atoms with Crippen molar-refractivity contribution in [3.63, 3.8) is 0 Å². The number of aromatic nitrogens is 2. The van der Waals surface area contributed by atoms with E-state index < -0.39 is 0 Å². The molecule has 3 nitrogen and oxygen atoms in total. The highest BCUT2D eigenvalue weighted by molar-refractivity contribution is 7.12. The average molecular weight is 324 g/mol. The first-order valence-corrected chi connectivity index (χ1v) is 9.00. The Morgan fingerprint density at radius 2 is 2.29 bits per heavy atom. The molecule has 5 heteroatoms. The Balaban J connectivity index is 1.98. The molecule has 0 bridgehead atoms. The number of halogens is 1. The summed E-state index contributed by atoms with van der Waals surface area (Å²) in [6.07, 6.45) is 6.65. The molecule has 2 aromatic heterocycles. The van der Waals surface area contributed by atoms with Gasteiger partial charge in [0.1, 0.15) is 0 Å². The van der Waals surface area contributed by atoms with Crippen LogP contribution in [-0.4, -0.2) is 16.3 Å². The summed E-state index contributed by atoms with van der Waals surface area (Å²) in [6.45, 7) is 6.13. The van der Waals surface area contributed by atoms with E-state index in [0.29, 0.717) is 0 Å². The summed E-state index contributed by atoms with van der Waals surface area (Å²) >= 11 is 8.37. The first-order chi connectivity index (χ1) is 10.2. The van der Waals surface area contributed by atoms with Gasteiger partial charge in [-0.1, -0.05) is 18.5 Å². The van der Waals surface area contributed by atoms with Crippen LogP contribution in [0.15, 0.2) is 12.3 Å². The van der Waals surface area contributed by atoms with Gasteiger partial charge in [-0.25, -0.2) is 0 Å². The number of aryl methyl sites for hydroxylation is 3. The molecule has 2 aromatic rings. The molecule has 0 aliphatic heterocycles. The molecule has 0 saturated heterocycles. The maximum absolute atomic E-state index is 6.42. The standard InChI is InChI=1S/C16H22ClN3S/c1-3-8-18-15(16-12(17)10-19-20(16)4-2)14-9-11-6-5-7-13(11)21-14/h9-10,15,18H,3-8H2,1-2H3. The Morgan fingerprint density at radius 1 is 1.43 bits per heavy atom. The molecular weight excluding hydrogens is 302 g/mol. The van der Waals surface area contributed by atoms with Crippen molar-refractivity contribution in [2.45, 2.75) is 52.1 Å². The lowest BCUT2D eigenvalue weighted by Gasteiger charge is -2.19. The molecule has 1 unspecified atom stereocenters. The zero-order valence-corrected chi connectivity index (χ0v) is 14.2. The number of nitrogens with zero attached hydrogens (tertiary/aromatic N) is 2. The molecule has 1 aliphatic rings. The molecule has 114 valence electrons. The Kier molecular flexibility index (Phi) is 4.67. The van der Waals surface area contributed by atoms with Gasteiger partial charge in [0.15, 0.2) is 0 Å². The van der Waals surface area contributed by atoms with Crippen LogP contribution in [0.4, 0.5) is 0 Å². The number of fused-ring (bicyclic) bond motifs is 1. The molecular formula is C16H22ClN3S. The third kappa shape index (κ3) is 2.89. The molecule has 3 rings (SSSR count). The van der Waals surface area contributed by atoms with Crippen molar-refractivity contribution in [2.75, 3.05) is 6.54 Å². The molecule has 0 spiro atoms. The van der Waals surface area contributed by atoms with Crippen molar-refractivity contribution in [3.05, 3.63) is 38.3 Å². The summed E-state index contributed by atoms with van der Waals surface area (Å²) in [5.41, 5.74) is 2.64. The second kappa shape index (κ2) is 6.51. The number of hydrogen-bond acceptors (Lipinski definition) is 3. The summed E-state index contributed by atoms with van der Waals surface area (Å²) in [6, 6.07) is 2.54. The van der Waals surface area contributed by atoms with E-state index in [1.54, 1.807) is 11.1 Å². The third-order valence-corrected chi connectivity index (χ3v) is 5.65. The van der Waals surface area contributed by atoms with E-state index in [9.17, 15) is 0 Å². The summed E-state index contributed by atoms with van der Waals surface area (Å²) in [5.74, 6) is 0. The molecule has 0 fully saturated rings. The Labute approximate surface area is 135 Å². The SMILES string of the molecule is CCCNC(c1cc2c(s1)CCC2)c1c(Cl)cnn1CC. The van der Waals surface area contributed by atoms with E-state index in [1.165, 1.54) is 29.7 Å². The molecule has 21 heavy (non-hydrogen) atoms. The van der Waals surface area contributed by atoms with Gasteiger partial charge in [0.05, 0.1) is 23.0 Å². The van der Waals surface area contributed by atoms with Gasteiger partial charge in [-0.3, -0.25) is 4.68 Å². The van der Waals surface area contributed by atoms with Crippen LogP contribution in [0.1, 0.15) is 53.7 Å². The van der Waals surface area contributed by atoms with Crippen molar-refractivity contribution in [1.29, 1.82) is 0 Å². The fraction of sp³-hybridized carbons (Fsp3) is 0.562. The number of thiophene rings is 1. The number of rotatable bonds is 6. The van der Waals surface area contributed by atoms with Crippen LogP contribution >= 0.6 is 22.9 Å². The van der Waals surface area contributed by atoms with Crippen LogP contribution in [0.5, 0.6) is 0 Å². The minimum atomic E-state index is 0.162. The Hall–Kier alpha value is -0.840. The van der Waals surface area contributed by atoms with E-state index in [4.69, 9.17) is 11.6 Å². The van der Waals surface area contributed by atoms with Crippen LogP contribution in [0, 0.1) is 0 Å². The fourth-order valence-electron chi connectivity index (χ4n) is 3.03. The van der Waals surface area contributed by atoms with Crippen LogP contribution in [0.2, 0.25) is 5.02 Å². The van der Waals surface area contributed by atoms with Gasteiger partial charge < -0.3 is 5.32 Å². The Morgan fingerprint density at radius 3 is 3.00 bits per heavy atom. The molecule has 1 N–H and O–H groups in total. The molecule has 2 heterocycles. The van der Waals surface area contributed by atoms with Gasteiger partial charge >= 0.3 is 0 Å². The fourth-order valence-corrected chi connectivity index (χ4v) is 4.61. The molecule has 0 saturated carbocycles. The lowest BCUT2D eigenvalue weighted by Crippen LogP contribution is -2.25. The van der Waals surface area contributed by atoms with Crippen molar-refractivity contribution >= 4 is 22.9 Å². The zero-order chi connectivity index (χ0) is 14.8. The van der Waals surface area contributed by atoms with Crippen LogP contribution in [0.3, 0.4) is 0 Å². The van der Waals surface area contributed by atoms with Gasteiger partial charge in [0.25, 0.3) is 0 Å². The smallest absolute Gasteiger partial charge is 0.0857 e. The maximum Gasteiger partial charge on any atom is 0.0857 e. The minimum absolute atomic E-state index is 0.162. The second-order valence-corrected chi connectivity index (χ2v) is 7.11. The lowest BCUT2D eigenvalue weighted by atomic mass is 10.1. The monoisotopic (exact) mass is 323 g/mol. The van der Waals surface area contributed by atoms with Crippen LogP contribution < -0.4 is 5.32 Å². The molecule has 0 amide bonds. The molecule has 0 aromatic carbocycles. The predicted octanol–water partition coefficient (Wildman–Crippen LogP) is 4.20. The number of hydrogen-bond donors (Lipinski definition) is 1. The van der Waals surface area contributed by atoms with Crippen molar-refractivity contribution in [3.8, 4) is 0 Å². The van der Waals surface area contributed by atoms with Gasteiger partial charge in [0.2, 0.25) is 0 Å². The molecule has 1 atom stereocenters. The van der Waals surface area contributed by atoms with E-state index in [2.05, 4.69) is 30.3 Å². The predicted molar refractivity (Wildman–Crippen MR) is 89.4 cm³/mol. The molecule has 0 radical (unpaired) electrons. The number of nitrogens with one attached hydrogen (secondary N) is 1. The highest BCUT2D eigenvalue weighted by Crippen LogP contribution is 2.37. The van der Waals surface area contributed by atoms with Crippen LogP contribution in [0.25, 0.3) is 0 Å². The van der Waals surface area contributed by atoms with Gasteiger partial charge in [0, 0.05) is 16.3 Å². The largest absolute Gasteiger partial charge is 0.304 e. The quantitative estimate of drug-likeness (QED) is 0.863. The average Bonchev–Trinajstić information content (AvgIpc) is 3.14. The molecule has 1 aliphatic carbocycles. The topological polar surface area (TPSA) is 29.9 Å². The second-order valence-electron chi connectivity index (χ2n) is 5.53. The third-order valence-electron chi connectivity index (χ3n) is 4.05. The Bertz CT molecular complexity index is 596. The van der Waals surface area contributed by atoms with E-state index >= 15 is 0 Å². The van der Waals surface area contributed by atoms with Crippen molar-refractivity contribution in [1.82, 2.24) is 15.1 Å². The maximum atomic E-state index is 6.42. The first kappa shape index (κ1) is 15.1. The van der Waals surface area contributed by atoms with Gasteiger partial charge in [-0.2, -0.15) is 5.10 Å². The zero-order valence-electron chi connectivity index (χ0n) is 12.7. The summed E-state index contributed by atoms with van der Waals surface area (Å²) in [5, 5.41) is 8.82. The van der Waals surface area contributed by atoms with Crippen molar-refractivity contribution < 1.29 is 0 Å². The first-order valence-electron chi connectivity index (χ1n) is 7.80.